The average Bonchev–Trinajstić information content (AvgIpc) is 2.19. The van der Waals surface area contributed by atoms with Crippen LogP contribution in [0.4, 0.5) is 0 Å². The van der Waals surface area contributed by atoms with Crippen molar-refractivity contribution in [2.24, 2.45) is 5.41 Å². The molecule has 2 nitrogen and oxygen atoms in total. The van der Waals surface area contributed by atoms with Crippen molar-refractivity contribution >= 4 is 11.6 Å². The van der Waals surface area contributed by atoms with E-state index >= 15 is 0 Å². The molecule has 1 N–H and O–H groups in total. The lowest BCUT2D eigenvalue weighted by molar-refractivity contribution is 0.268. The normalized spacial score (nSPS) is 13.8. The molecule has 1 heterocycles. The fourth-order valence-corrected chi connectivity index (χ4v) is 1.78. The van der Waals surface area contributed by atoms with Crippen molar-refractivity contribution in [1.29, 1.82) is 0 Å². The Hall–Kier alpha value is -0.600. The first-order valence-electron chi connectivity index (χ1n) is 5.77. The third kappa shape index (κ3) is 4.11. The van der Waals surface area contributed by atoms with E-state index < -0.39 is 0 Å². The fourth-order valence-electron chi connectivity index (χ4n) is 1.67. The molecule has 0 aromatic carbocycles. The van der Waals surface area contributed by atoms with Crippen molar-refractivity contribution in [3.05, 3.63) is 29.0 Å². The summed E-state index contributed by atoms with van der Waals surface area (Å²) in [6.07, 6.45) is 2.65. The molecule has 0 radical (unpaired) electrons. The zero-order chi connectivity index (χ0) is 12.2. The molecule has 1 rings (SSSR count). The van der Waals surface area contributed by atoms with Crippen molar-refractivity contribution < 1.29 is 0 Å². The zero-order valence-electron chi connectivity index (χ0n) is 10.5. The number of nitrogens with one attached hydrogen (secondary N) is 1. The summed E-state index contributed by atoms with van der Waals surface area (Å²) in [6, 6.07) is 4.33. The Bertz CT molecular complexity index is 314. The Labute approximate surface area is 103 Å². The maximum Gasteiger partial charge on any atom is 0.0589 e. The molecule has 90 valence electrons. The van der Waals surface area contributed by atoms with Crippen LogP contribution in [0.2, 0.25) is 5.02 Å². The highest BCUT2D eigenvalue weighted by Crippen LogP contribution is 2.22. The second-order valence-corrected chi connectivity index (χ2v) is 5.58. The number of rotatable bonds is 4. The molecule has 0 bridgehead atoms. The molecule has 1 unspecified atom stereocenters. The molecule has 0 amide bonds. The molecule has 1 aromatic heterocycles. The summed E-state index contributed by atoms with van der Waals surface area (Å²) in [5, 5.41) is 4.21. The molecule has 0 saturated carbocycles. The van der Waals surface area contributed by atoms with Crippen LogP contribution >= 0.6 is 11.6 Å². The molecule has 0 saturated heterocycles. The Balaban J connectivity index is 2.72. The first-order chi connectivity index (χ1) is 7.43. The highest BCUT2D eigenvalue weighted by Gasteiger charge is 2.24. The largest absolute Gasteiger partial charge is 0.313 e. The lowest BCUT2D eigenvalue weighted by atomic mass is 9.84. The summed E-state index contributed by atoms with van der Waals surface area (Å²) in [7, 11) is 0. The Morgan fingerprint density at radius 3 is 2.50 bits per heavy atom. The smallest absolute Gasteiger partial charge is 0.0589 e. The van der Waals surface area contributed by atoms with Crippen LogP contribution in [0.15, 0.2) is 18.3 Å². The fraction of sp³-hybridized carbons (Fsp3) is 0.615. The number of hydrogen-bond donors (Lipinski definition) is 1. The average molecular weight is 241 g/mol. The highest BCUT2D eigenvalue weighted by atomic mass is 35.5. The molecule has 0 spiro atoms. The Kier molecular flexibility index (Phi) is 4.75. The van der Waals surface area contributed by atoms with E-state index in [-0.39, 0.29) is 5.41 Å². The number of pyridine rings is 1. The van der Waals surface area contributed by atoms with E-state index in [0.717, 1.165) is 18.7 Å². The van der Waals surface area contributed by atoms with E-state index in [1.165, 1.54) is 0 Å². The van der Waals surface area contributed by atoms with Crippen LogP contribution in [0, 0.1) is 5.41 Å². The van der Waals surface area contributed by atoms with Gasteiger partial charge in [-0.3, -0.25) is 4.98 Å². The molecule has 16 heavy (non-hydrogen) atoms. The van der Waals surface area contributed by atoms with E-state index in [1.54, 1.807) is 6.20 Å². The topological polar surface area (TPSA) is 24.9 Å². The van der Waals surface area contributed by atoms with E-state index in [2.05, 4.69) is 38.0 Å². The lowest BCUT2D eigenvalue weighted by Crippen LogP contribution is -2.42. The van der Waals surface area contributed by atoms with Gasteiger partial charge >= 0.3 is 0 Å². The van der Waals surface area contributed by atoms with Gasteiger partial charge in [-0.1, -0.05) is 39.3 Å². The minimum absolute atomic E-state index is 0.233. The monoisotopic (exact) mass is 240 g/mol. The third-order valence-electron chi connectivity index (χ3n) is 2.70. The summed E-state index contributed by atoms with van der Waals surface area (Å²) in [5.41, 5.74) is 1.32. The van der Waals surface area contributed by atoms with Gasteiger partial charge < -0.3 is 5.32 Å². The van der Waals surface area contributed by atoms with Crippen LogP contribution in [0.3, 0.4) is 0 Å². The van der Waals surface area contributed by atoms with Crippen molar-refractivity contribution in [3.63, 3.8) is 0 Å². The van der Waals surface area contributed by atoms with E-state index in [0.29, 0.717) is 11.1 Å². The molecule has 3 heteroatoms. The maximum atomic E-state index is 5.82. The maximum absolute atomic E-state index is 5.82. The first kappa shape index (κ1) is 13.5. The Morgan fingerprint density at radius 2 is 2.06 bits per heavy atom. The summed E-state index contributed by atoms with van der Waals surface area (Å²) >= 11 is 5.82. The number of nitrogens with zero attached hydrogens (tertiary/aromatic N) is 1. The predicted octanol–water partition coefficient (Wildman–Crippen LogP) is 3.30. The molecule has 0 aliphatic rings. The molecular weight excluding hydrogens is 220 g/mol. The van der Waals surface area contributed by atoms with Gasteiger partial charge in [-0.05, 0) is 24.1 Å². The van der Waals surface area contributed by atoms with Crippen LogP contribution in [-0.4, -0.2) is 17.6 Å². The van der Waals surface area contributed by atoms with Gasteiger partial charge in [-0.25, -0.2) is 0 Å². The van der Waals surface area contributed by atoms with E-state index in [4.69, 9.17) is 11.6 Å². The molecule has 1 aromatic rings. The predicted molar refractivity (Wildman–Crippen MR) is 69.9 cm³/mol. The van der Waals surface area contributed by atoms with Crippen molar-refractivity contribution in [2.75, 3.05) is 6.54 Å². The second kappa shape index (κ2) is 5.65. The third-order valence-corrected chi connectivity index (χ3v) is 2.92. The second-order valence-electron chi connectivity index (χ2n) is 5.15. The van der Waals surface area contributed by atoms with Crippen molar-refractivity contribution in [3.8, 4) is 0 Å². The van der Waals surface area contributed by atoms with Gasteiger partial charge in [0.25, 0.3) is 0 Å². The van der Waals surface area contributed by atoms with Crippen LogP contribution in [-0.2, 0) is 6.42 Å². The lowest BCUT2D eigenvalue weighted by Gasteiger charge is -2.31. The standard InChI is InChI=1S/C13H21ClN2/c1-5-15-12(13(2,3)4)8-11-7-6-10(14)9-16-11/h6-7,9,12,15H,5,8H2,1-4H3. The summed E-state index contributed by atoms with van der Waals surface area (Å²) in [6.45, 7) is 9.85. The van der Waals surface area contributed by atoms with E-state index in [1.807, 2.05) is 12.1 Å². The number of aromatic nitrogens is 1. The van der Waals surface area contributed by atoms with Gasteiger partial charge in [-0.2, -0.15) is 0 Å². The minimum atomic E-state index is 0.233. The van der Waals surface area contributed by atoms with Gasteiger partial charge in [0, 0.05) is 24.4 Å². The van der Waals surface area contributed by atoms with Gasteiger partial charge in [0.1, 0.15) is 0 Å². The van der Waals surface area contributed by atoms with Crippen LogP contribution in [0.25, 0.3) is 0 Å². The van der Waals surface area contributed by atoms with Gasteiger partial charge in [-0.15, -0.1) is 0 Å². The van der Waals surface area contributed by atoms with E-state index in [9.17, 15) is 0 Å². The number of likely N-dealkylation sites (N-methyl/N-ethyl adjacent to an activating group) is 1. The quantitative estimate of drug-likeness (QED) is 0.874. The van der Waals surface area contributed by atoms with Crippen molar-refractivity contribution in [1.82, 2.24) is 10.3 Å². The molecule has 1 atom stereocenters. The molecule has 0 aliphatic heterocycles. The highest BCUT2D eigenvalue weighted by molar-refractivity contribution is 6.30. The molecular formula is C13H21ClN2. The van der Waals surface area contributed by atoms with Crippen LogP contribution in [0.1, 0.15) is 33.4 Å². The summed E-state index contributed by atoms with van der Waals surface area (Å²) in [4.78, 5) is 4.34. The number of hydrogen-bond acceptors (Lipinski definition) is 2. The van der Waals surface area contributed by atoms with Gasteiger partial charge in [0.15, 0.2) is 0 Å². The van der Waals surface area contributed by atoms with Crippen LogP contribution in [0.5, 0.6) is 0 Å². The summed E-state index contributed by atoms with van der Waals surface area (Å²) < 4.78 is 0. The molecule has 0 aliphatic carbocycles. The Morgan fingerprint density at radius 1 is 1.38 bits per heavy atom. The minimum Gasteiger partial charge on any atom is -0.313 e. The first-order valence-corrected chi connectivity index (χ1v) is 6.15. The SMILES string of the molecule is CCNC(Cc1ccc(Cl)cn1)C(C)(C)C. The zero-order valence-corrected chi connectivity index (χ0v) is 11.3. The van der Waals surface area contributed by atoms with Crippen molar-refractivity contribution in [2.45, 2.75) is 40.2 Å². The number of halogens is 1. The van der Waals surface area contributed by atoms with Gasteiger partial charge in [0.05, 0.1) is 5.02 Å². The summed E-state index contributed by atoms with van der Waals surface area (Å²) in [5.74, 6) is 0. The van der Waals surface area contributed by atoms with Gasteiger partial charge in [0.2, 0.25) is 0 Å². The molecule has 0 fully saturated rings. The van der Waals surface area contributed by atoms with Crippen LogP contribution < -0.4 is 5.32 Å².